The number of hydrogen-bond donors (Lipinski definition) is 1. The van der Waals surface area contributed by atoms with Crippen LogP contribution in [0.1, 0.15) is 35.7 Å². The smallest absolute Gasteiger partial charge is 0.253 e. The fraction of sp³-hybridized carbons (Fsp3) is 0.500. The zero-order chi connectivity index (χ0) is 14.8. The van der Waals surface area contributed by atoms with Crippen molar-refractivity contribution in [3.8, 4) is 0 Å². The van der Waals surface area contributed by atoms with E-state index in [2.05, 4.69) is 6.92 Å². The van der Waals surface area contributed by atoms with E-state index in [-0.39, 0.29) is 12.5 Å². The molecule has 0 saturated carbocycles. The number of aryl methyl sites for hydroxylation is 1. The SMILES string of the molecule is CCCc1ccc(C(=O)N2CCC(S(N)(=O)=O)C2)cc1. The van der Waals surface area contributed by atoms with Crippen LogP contribution in [0.2, 0.25) is 0 Å². The van der Waals surface area contributed by atoms with Crippen LogP contribution in [0.25, 0.3) is 0 Å². The molecule has 5 nitrogen and oxygen atoms in total. The van der Waals surface area contributed by atoms with E-state index in [0.29, 0.717) is 18.5 Å². The maximum atomic E-state index is 12.3. The number of likely N-dealkylation sites (tertiary alicyclic amines) is 1. The molecule has 1 aromatic rings. The third kappa shape index (κ3) is 3.37. The molecular formula is C14H20N2O3S. The van der Waals surface area contributed by atoms with Crippen molar-refractivity contribution in [3.63, 3.8) is 0 Å². The summed E-state index contributed by atoms with van der Waals surface area (Å²) in [5, 5.41) is 4.50. The summed E-state index contributed by atoms with van der Waals surface area (Å²) in [6, 6.07) is 7.50. The number of nitrogens with two attached hydrogens (primary N) is 1. The molecule has 1 unspecified atom stereocenters. The zero-order valence-corrected chi connectivity index (χ0v) is 12.4. The minimum atomic E-state index is -3.56. The molecule has 0 spiro atoms. The van der Waals surface area contributed by atoms with Crippen LogP contribution in [0, 0.1) is 0 Å². The Morgan fingerprint density at radius 2 is 2.00 bits per heavy atom. The largest absolute Gasteiger partial charge is 0.337 e. The van der Waals surface area contributed by atoms with Gasteiger partial charge in [-0.25, -0.2) is 13.6 Å². The monoisotopic (exact) mass is 296 g/mol. The molecule has 110 valence electrons. The summed E-state index contributed by atoms with van der Waals surface area (Å²) in [6.45, 7) is 2.74. The summed E-state index contributed by atoms with van der Waals surface area (Å²) >= 11 is 0. The molecule has 2 N–H and O–H groups in total. The zero-order valence-electron chi connectivity index (χ0n) is 11.6. The maximum Gasteiger partial charge on any atom is 0.253 e. The molecular weight excluding hydrogens is 276 g/mol. The maximum absolute atomic E-state index is 12.3. The lowest BCUT2D eigenvalue weighted by Crippen LogP contribution is -2.34. The van der Waals surface area contributed by atoms with Gasteiger partial charge in [0.25, 0.3) is 5.91 Å². The summed E-state index contributed by atoms with van der Waals surface area (Å²) in [4.78, 5) is 13.8. The van der Waals surface area contributed by atoms with Crippen LogP contribution in [0.5, 0.6) is 0 Å². The fourth-order valence-electron chi connectivity index (χ4n) is 2.47. The lowest BCUT2D eigenvalue weighted by atomic mass is 10.1. The summed E-state index contributed by atoms with van der Waals surface area (Å²) in [5.74, 6) is -0.126. The molecule has 1 heterocycles. The van der Waals surface area contributed by atoms with E-state index < -0.39 is 15.3 Å². The third-order valence-electron chi connectivity index (χ3n) is 3.64. The van der Waals surface area contributed by atoms with Crippen LogP contribution >= 0.6 is 0 Å². The highest BCUT2D eigenvalue weighted by Gasteiger charge is 2.33. The molecule has 6 heteroatoms. The van der Waals surface area contributed by atoms with Crippen molar-refractivity contribution >= 4 is 15.9 Å². The Kier molecular flexibility index (Phi) is 4.45. The highest BCUT2D eigenvalue weighted by molar-refractivity contribution is 7.89. The van der Waals surface area contributed by atoms with Gasteiger partial charge in [0, 0.05) is 18.7 Å². The van der Waals surface area contributed by atoms with Crippen LogP contribution < -0.4 is 5.14 Å². The Labute approximate surface area is 119 Å². The topological polar surface area (TPSA) is 80.5 Å². The molecule has 1 fully saturated rings. The van der Waals surface area contributed by atoms with Gasteiger partial charge in [-0.1, -0.05) is 25.5 Å². The van der Waals surface area contributed by atoms with Gasteiger partial charge >= 0.3 is 0 Å². The second kappa shape index (κ2) is 5.93. The summed E-state index contributed by atoms with van der Waals surface area (Å²) in [5.41, 5.74) is 1.80. The molecule has 1 aliphatic heterocycles. The minimum absolute atomic E-state index is 0.126. The van der Waals surface area contributed by atoms with Gasteiger partial charge in [0.05, 0.1) is 5.25 Å². The van der Waals surface area contributed by atoms with Crippen molar-refractivity contribution in [2.24, 2.45) is 5.14 Å². The number of benzene rings is 1. The first-order chi connectivity index (χ1) is 9.41. The highest BCUT2D eigenvalue weighted by Crippen LogP contribution is 2.18. The molecule has 1 saturated heterocycles. The van der Waals surface area contributed by atoms with Gasteiger partial charge in [0.1, 0.15) is 0 Å². The van der Waals surface area contributed by atoms with E-state index in [1.165, 1.54) is 5.56 Å². The lowest BCUT2D eigenvalue weighted by molar-refractivity contribution is 0.0793. The summed E-state index contributed by atoms with van der Waals surface area (Å²) in [6.07, 6.45) is 2.47. The lowest BCUT2D eigenvalue weighted by Gasteiger charge is -2.16. The van der Waals surface area contributed by atoms with Gasteiger partial charge < -0.3 is 4.90 Å². The second-order valence-electron chi connectivity index (χ2n) is 5.20. The van der Waals surface area contributed by atoms with Crippen molar-refractivity contribution in [1.82, 2.24) is 4.90 Å². The molecule has 0 aromatic heterocycles. The number of nitrogens with zero attached hydrogens (tertiary/aromatic N) is 1. The Balaban J connectivity index is 2.05. The number of sulfonamides is 1. The fourth-order valence-corrected chi connectivity index (χ4v) is 3.29. The number of hydrogen-bond acceptors (Lipinski definition) is 3. The van der Waals surface area contributed by atoms with Crippen molar-refractivity contribution in [2.45, 2.75) is 31.4 Å². The van der Waals surface area contributed by atoms with Crippen molar-refractivity contribution in [1.29, 1.82) is 0 Å². The van der Waals surface area contributed by atoms with Crippen molar-refractivity contribution in [3.05, 3.63) is 35.4 Å². The highest BCUT2D eigenvalue weighted by atomic mass is 32.2. The van der Waals surface area contributed by atoms with Crippen LogP contribution in [-0.4, -0.2) is 37.6 Å². The Morgan fingerprint density at radius 3 is 2.50 bits per heavy atom. The average Bonchev–Trinajstić information content (AvgIpc) is 2.89. The van der Waals surface area contributed by atoms with Gasteiger partial charge in [-0.15, -0.1) is 0 Å². The van der Waals surface area contributed by atoms with Crippen LogP contribution in [0.15, 0.2) is 24.3 Å². The molecule has 0 bridgehead atoms. The molecule has 1 aliphatic rings. The van der Waals surface area contributed by atoms with Crippen LogP contribution in [0.3, 0.4) is 0 Å². The number of carbonyl (C=O) groups excluding carboxylic acids is 1. The summed E-state index contributed by atoms with van der Waals surface area (Å²) < 4.78 is 22.6. The van der Waals surface area contributed by atoms with Crippen molar-refractivity contribution < 1.29 is 13.2 Å². The average molecular weight is 296 g/mol. The first-order valence-corrected chi connectivity index (χ1v) is 8.42. The van der Waals surface area contributed by atoms with E-state index in [4.69, 9.17) is 5.14 Å². The van der Waals surface area contributed by atoms with Gasteiger partial charge in [-0.05, 0) is 30.5 Å². The molecule has 1 aromatic carbocycles. The number of primary sulfonamides is 1. The van der Waals surface area contributed by atoms with E-state index >= 15 is 0 Å². The first kappa shape index (κ1) is 15.0. The second-order valence-corrected chi connectivity index (χ2v) is 7.04. The predicted molar refractivity (Wildman–Crippen MR) is 77.9 cm³/mol. The molecule has 1 amide bonds. The number of amides is 1. The van der Waals surface area contributed by atoms with E-state index in [9.17, 15) is 13.2 Å². The Hall–Kier alpha value is -1.40. The van der Waals surface area contributed by atoms with E-state index in [1.807, 2.05) is 12.1 Å². The van der Waals surface area contributed by atoms with Gasteiger partial charge in [0.15, 0.2) is 0 Å². The predicted octanol–water partition coefficient (Wildman–Crippen LogP) is 1.14. The quantitative estimate of drug-likeness (QED) is 0.904. The summed E-state index contributed by atoms with van der Waals surface area (Å²) in [7, 11) is -3.56. The van der Waals surface area contributed by atoms with Gasteiger partial charge in [-0.2, -0.15) is 0 Å². The van der Waals surface area contributed by atoms with Gasteiger partial charge in [-0.3, -0.25) is 4.79 Å². The molecule has 2 rings (SSSR count). The molecule has 0 aliphatic carbocycles. The van der Waals surface area contributed by atoms with Crippen molar-refractivity contribution in [2.75, 3.05) is 13.1 Å². The van der Waals surface area contributed by atoms with Crippen LogP contribution in [0.4, 0.5) is 0 Å². The van der Waals surface area contributed by atoms with E-state index in [0.717, 1.165) is 12.8 Å². The van der Waals surface area contributed by atoms with Gasteiger partial charge in [0.2, 0.25) is 10.0 Å². The number of rotatable bonds is 4. The number of carbonyl (C=O) groups is 1. The molecule has 1 atom stereocenters. The third-order valence-corrected chi connectivity index (χ3v) is 4.95. The van der Waals surface area contributed by atoms with Crippen LogP contribution in [-0.2, 0) is 16.4 Å². The minimum Gasteiger partial charge on any atom is -0.337 e. The molecule has 0 radical (unpaired) electrons. The van der Waals surface area contributed by atoms with E-state index in [1.54, 1.807) is 17.0 Å². The molecule has 20 heavy (non-hydrogen) atoms. The Bertz CT molecular complexity index is 581. The first-order valence-electron chi connectivity index (χ1n) is 6.81. The normalized spacial score (nSPS) is 19.3. The Morgan fingerprint density at radius 1 is 1.35 bits per heavy atom. The standard InChI is InChI=1S/C14H20N2O3S/c1-2-3-11-4-6-12(7-5-11)14(17)16-9-8-13(10-16)20(15,18)19/h4-7,13H,2-3,8-10H2,1H3,(H2,15,18,19).